The van der Waals surface area contributed by atoms with Gasteiger partial charge in [0.05, 0.1) is 11.1 Å². The van der Waals surface area contributed by atoms with Gasteiger partial charge in [-0.3, -0.25) is 0 Å². The van der Waals surface area contributed by atoms with Gasteiger partial charge in [0.1, 0.15) is 0 Å². The topological polar surface area (TPSA) is 121 Å². The fourth-order valence-electron chi connectivity index (χ4n) is 2.77. The molecule has 4 aromatic carbocycles. The third-order valence-corrected chi connectivity index (χ3v) is 4.16. The molecule has 140 valence electrons. The molecule has 0 unspecified atom stereocenters. The Hall–Kier alpha value is -2.06. The second-order valence-corrected chi connectivity index (χ2v) is 6.00. The molecule has 0 fully saturated rings. The summed E-state index contributed by atoms with van der Waals surface area (Å²) in [4.78, 5) is 21.3. The van der Waals surface area contributed by atoms with Crippen LogP contribution in [-0.2, 0) is 0 Å². The maximum absolute atomic E-state index is 11.3. The fraction of sp³-hybridized carbons (Fsp3) is 0. The van der Waals surface area contributed by atoms with Crippen molar-refractivity contribution in [3.05, 3.63) is 83.9 Å². The van der Waals surface area contributed by atoms with Crippen molar-refractivity contribution in [3.8, 4) is 11.5 Å². The Balaban J connectivity index is 0.000000281. The Morgan fingerprint density at radius 3 is 1.10 bits per heavy atom. The number of fused-ring (bicyclic) bond motifs is 2. The molecule has 8 heteroatoms. The fourth-order valence-corrected chi connectivity index (χ4v) is 2.77. The van der Waals surface area contributed by atoms with Gasteiger partial charge in [0.25, 0.3) is 0 Å². The van der Waals surface area contributed by atoms with Crippen molar-refractivity contribution in [2.24, 2.45) is 0 Å². The number of carboxylic acid groups (broad SMARTS) is 2. The average molecular weight is 420 g/mol. The summed E-state index contributed by atoms with van der Waals surface area (Å²) in [5, 5.41) is 43.1. The van der Waals surface area contributed by atoms with Crippen LogP contribution in [0, 0.1) is 0 Å². The largest absolute Gasteiger partial charge is 1.00 e. The Morgan fingerprint density at radius 2 is 0.833 bits per heavy atom. The van der Waals surface area contributed by atoms with Crippen LogP contribution in [-0.4, -0.2) is 22.2 Å². The zero-order chi connectivity index (χ0) is 20.3. The molecule has 0 radical (unpaired) electrons. The van der Waals surface area contributed by atoms with E-state index in [0.717, 1.165) is 21.5 Å². The number of hydrogen-bond donors (Lipinski definition) is 2. The van der Waals surface area contributed by atoms with Crippen LogP contribution in [0.1, 0.15) is 20.7 Å². The zero-order valence-electron chi connectivity index (χ0n) is 16.5. The van der Waals surface area contributed by atoms with E-state index < -0.39 is 23.4 Å². The number of hydrogen-bond acceptors (Lipinski definition) is 4. The number of benzene rings is 4. The van der Waals surface area contributed by atoms with Crippen LogP contribution in [0.15, 0.2) is 72.8 Å². The minimum Gasteiger partial charge on any atom is -0.872 e. The Kier molecular flexibility index (Phi) is 9.84. The van der Waals surface area contributed by atoms with Gasteiger partial charge >= 0.3 is 71.1 Å². The van der Waals surface area contributed by atoms with Crippen LogP contribution in [0.25, 0.3) is 21.5 Å². The first-order chi connectivity index (χ1) is 13.4. The minimum absolute atomic E-state index is 0. The summed E-state index contributed by atoms with van der Waals surface area (Å²) in [6.45, 7) is 0. The molecule has 2 N–H and O–H groups in total. The molecule has 0 aliphatic carbocycles. The quantitative estimate of drug-likeness (QED) is 0.339. The number of carboxylic acids is 2. The zero-order valence-corrected chi connectivity index (χ0v) is 20.5. The van der Waals surface area contributed by atoms with Crippen LogP contribution < -0.4 is 69.3 Å². The molecule has 0 saturated carbocycles. The van der Waals surface area contributed by atoms with Crippen LogP contribution in [0.2, 0.25) is 0 Å². The summed E-state index contributed by atoms with van der Waals surface area (Å²) in [7, 11) is 0. The maximum Gasteiger partial charge on any atom is 1.00 e. The average Bonchev–Trinajstić information content (AvgIpc) is 2.67. The van der Waals surface area contributed by atoms with Crippen LogP contribution >= 0.6 is 0 Å². The first-order valence-electron chi connectivity index (χ1n) is 8.23. The van der Waals surface area contributed by atoms with Gasteiger partial charge < -0.3 is 20.4 Å². The van der Waals surface area contributed by atoms with Crippen molar-refractivity contribution in [2.75, 3.05) is 0 Å². The molecule has 4 aromatic rings. The molecule has 0 aromatic heterocycles. The molecular formula is C22H14Na2O6. The van der Waals surface area contributed by atoms with Crippen molar-refractivity contribution >= 4 is 33.5 Å². The van der Waals surface area contributed by atoms with E-state index in [4.69, 9.17) is 10.2 Å². The Labute approximate surface area is 216 Å². The van der Waals surface area contributed by atoms with Gasteiger partial charge in [-0.15, -0.1) is 0 Å². The summed E-state index contributed by atoms with van der Waals surface area (Å²) in [5.74, 6) is -3.26. The molecule has 0 aliphatic rings. The van der Waals surface area contributed by atoms with Gasteiger partial charge in [-0.05, 0) is 33.7 Å². The predicted octanol–water partition coefficient (Wildman–Crippen LogP) is -2.77. The molecule has 0 saturated heterocycles. The summed E-state index contributed by atoms with van der Waals surface area (Å²) >= 11 is 0. The second kappa shape index (κ2) is 11.4. The summed E-state index contributed by atoms with van der Waals surface area (Å²) in [6.07, 6.45) is 0. The monoisotopic (exact) mass is 420 g/mol. The van der Waals surface area contributed by atoms with E-state index >= 15 is 0 Å². The maximum atomic E-state index is 11.3. The van der Waals surface area contributed by atoms with E-state index in [1.54, 1.807) is 36.4 Å². The smallest absolute Gasteiger partial charge is 0.872 e. The molecule has 0 spiro atoms. The van der Waals surface area contributed by atoms with Crippen LogP contribution in [0.5, 0.6) is 11.5 Å². The predicted molar refractivity (Wildman–Crippen MR) is 101 cm³/mol. The van der Waals surface area contributed by atoms with Crippen molar-refractivity contribution in [3.63, 3.8) is 0 Å². The first-order valence-corrected chi connectivity index (χ1v) is 8.23. The summed E-state index contributed by atoms with van der Waals surface area (Å²) < 4.78 is 0. The molecule has 4 rings (SSSR count). The standard InChI is InChI=1S/2C11H8O3.2Na/c2*12-10-6-8-4-2-1-3-7(8)5-9(10)11(13)14;;/h2*1-6,12H,(H,13,14);;/q;;2*+1/p-2. The molecule has 0 aliphatic heterocycles. The Morgan fingerprint density at radius 1 is 0.567 bits per heavy atom. The third-order valence-electron chi connectivity index (χ3n) is 4.16. The van der Waals surface area contributed by atoms with Crippen molar-refractivity contribution in [1.82, 2.24) is 0 Å². The summed E-state index contributed by atoms with van der Waals surface area (Å²) in [5.41, 5.74) is -0.354. The van der Waals surface area contributed by atoms with Gasteiger partial charge in [0, 0.05) is 0 Å². The molecule has 0 amide bonds. The Bertz CT molecular complexity index is 1110. The van der Waals surface area contributed by atoms with Gasteiger partial charge in [0.15, 0.2) is 0 Å². The van der Waals surface area contributed by atoms with E-state index in [0.29, 0.717) is 0 Å². The second-order valence-electron chi connectivity index (χ2n) is 6.00. The SMILES string of the molecule is O=C(O)c1cc2ccccc2cc1[O-].O=C(O)c1cc2ccccc2cc1[O-].[Na+].[Na+]. The van der Waals surface area contributed by atoms with E-state index in [9.17, 15) is 19.8 Å². The van der Waals surface area contributed by atoms with Crippen LogP contribution in [0.4, 0.5) is 0 Å². The molecular weight excluding hydrogens is 406 g/mol. The summed E-state index contributed by atoms with van der Waals surface area (Å²) in [6, 6.07) is 19.8. The van der Waals surface area contributed by atoms with Crippen molar-refractivity contribution in [2.45, 2.75) is 0 Å². The molecule has 30 heavy (non-hydrogen) atoms. The van der Waals surface area contributed by atoms with E-state index in [-0.39, 0.29) is 70.2 Å². The first kappa shape index (κ1) is 26.0. The van der Waals surface area contributed by atoms with Gasteiger partial charge in [0.2, 0.25) is 0 Å². The van der Waals surface area contributed by atoms with Gasteiger partial charge in [-0.1, -0.05) is 72.2 Å². The molecule has 0 heterocycles. The van der Waals surface area contributed by atoms with E-state index in [1.807, 2.05) is 12.1 Å². The number of aromatic carboxylic acids is 2. The third kappa shape index (κ3) is 5.98. The van der Waals surface area contributed by atoms with E-state index in [1.165, 1.54) is 24.3 Å². The normalized spacial score (nSPS) is 9.60. The van der Waals surface area contributed by atoms with Crippen molar-refractivity contribution in [1.29, 1.82) is 0 Å². The van der Waals surface area contributed by atoms with Gasteiger partial charge in [-0.25, -0.2) is 9.59 Å². The van der Waals surface area contributed by atoms with Gasteiger partial charge in [-0.2, -0.15) is 0 Å². The molecule has 6 nitrogen and oxygen atoms in total. The minimum atomic E-state index is -1.18. The molecule has 0 bridgehead atoms. The van der Waals surface area contributed by atoms with Crippen LogP contribution in [0.3, 0.4) is 0 Å². The molecule has 0 atom stereocenters. The number of rotatable bonds is 2. The number of carbonyl (C=O) groups is 2. The van der Waals surface area contributed by atoms with Crippen molar-refractivity contribution < 1.29 is 89.1 Å². The van der Waals surface area contributed by atoms with E-state index in [2.05, 4.69) is 0 Å².